The molecule has 4 rings (SSSR count). The van der Waals surface area contributed by atoms with Gasteiger partial charge >= 0.3 is 0 Å². The molecule has 0 aliphatic carbocycles. The predicted octanol–water partition coefficient (Wildman–Crippen LogP) is 3.62. The number of aliphatic hydroxyl groups excluding tert-OH is 1. The van der Waals surface area contributed by atoms with Crippen LogP contribution in [0.4, 0.5) is 0 Å². The molecule has 0 amide bonds. The fourth-order valence-corrected chi connectivity index (χ4v) is 3.80. The number of aliphatic hydroxyl groups is 1. The minimum atomic E-state index is -0.0697. The fourth-order valence-electron chi connectivity index (χ4n) is 3.80. The van der Waals surface area contributed by atoms with E-state index in [0.29, 0.717) is 12.5 Å². The molecule has 0 atom stereocenters. The maximum atomic E-state index is 10.0. The highest BCUT2D eigenvalue weighted by Crippen LogP contribution is 2.31. The van der Waals surface area contributed by atoms with Gasteiger partial charge in [-0.05, 0) is 49.0 Å². The van der Waals surface area contributed by atoms with Gasteiger partial charge in [-0.15, -0.1) is 0 Å². The topological polar surface area (TPSA) is 59.3 Å². The van der Waals surface area contributed by atoms with Gasteiger partial charge in [0.2, 0.25) is 0 Å². The Labute approximate surface area is 166 Å². The monoisotopic (exact) mass is 377 g/mol. The number of aromatic nitrogens is 2. The van der Waals surface area contributed by atoms with Crippen LogP contribution in [0.1, 0.15) is 24.0 Å². The molecule has 1 aliphatic heterocycles. The highest BCUT2D eigenvalue weighted by molar-refractivity contribution is 5.68. The first-order valence-electron chi connectivity index (χ1n) is 9.96. The zero-order chi connectivity index (χ0) is 19.2. The number of ether oxygens (including phenoxy) is 1. The Morgan fingerprint density at radius 2 is 1.89 bits per heavy atom. The summed E-state index contributed by atoms with van der Waals surface area (Å²) in [5.41, 5.74) is 3.90. The first-order valence-corrected chi connectivity index (χ1v) is 9.96. The molecule has 0 radical (unpaired) electrons. The zero-order valence-corrected chi connectivity index (χ0v) is 16.1. The molecule has 146 valence electrons. The quantitative estimate of drug-likeness (QED) is 0.660. The lowest BCUT2D eigenvalue weighted by molar-refractivity contribution is 0.259. The normalized spacial score (nSPS) is 14.9. The van der Waals surface area contributed by atoms with E-state index in [4.69, 9.17) is 4.74 Å². The smallest absolute Gasteiger partial charge is 0.125 e. The number of benzene rings is 2. The summed E-state index contributed by atoms with van der Waals surface area (Å²) < 4.78 is 8.04. The fraction of sp³-hybridized carbons (Fsp3) is 0.348. The van der Waals surface area contributed by atoms with E-state index in [9.17, 15) is 5.11 Å². The summed E-state index contributed by atoms with van der Waals surface area (Å²) in [6.07, 6.45) is 6.35. The lowest BCUT2D eigenvalue weighted by atomic mass is 9.98. The zero-order valence-electron chi connectivity index (χ0n) is 16.1. The van der Waals surface area contributed by atoms with Crippen LogP contribution in [0.2, 0.25) is 0 Å². The second-order valence-electron chi connectivity index (χ2n) is 7.36. The number of piperidine rings is 1. The van der Waals surface area contributed by atoms with E-state index < -0.39 is 0 Å². The largest absolute Gasteiger partial charge is 0.489 e. The molecule has 0 saturated carbocycles. The third-order valence-electron chi connectivity index (χ3n) is 5.38. The SMILES string of the molecule is OCc1c(OCc2ccccc2)cccc1-c1cnn(CC2CCNCC2)c1. The van der Waals surface area contributed by atoms with Gasteiger partial charge < -0.3 is 15.2 Å². The Morgan fingerprint density at radius 1 is 1.07 bits per heavy atom. The van der Waals surface area contributed by atoms with E-state index in [0.717, 1.165) is 47.6 Å². The average molecular weight is 377 g/mol. The van der Waals surface area contributed by atoms with Gasteiger partial charge in [-0.3, -0.25) is 4.68 Å². The van der Waals surface area contributed by atoms with Crippen molar-refractivity contribution in [2.45, 2.75) is 32.6 Å². The lowest BCUT2D eigenvalue weighted by Crippen LogP contribution is -2.29. The van der Waals surface area contributed by atoms with Crippen LogP contribution in [-0.2, 0) is 19.8 Å². The van der Waals surface area contributed by atoms with Crippen molar-refractivity contribution in [3.63, 3.8) is 0 Å². The first kappa shape index (κ1) is 18.7. The lowest BCUT2D eigenvalue weighted by Gasteiger charge is -2.22. The first-order chi connectivity index (χ1) is 13.8. The Hall–Kier alpha value is -2.63. The Morgan fingerprint density at radius 3 is 2.68 bits per heavy atom. The van der Waals surface area contributed by atoms with Crippen LogP contribution in [-0.4, -0.2) is 28.0 Å². The maximum absolute atomic E-state index is 10.0. The van der Waals surface area contributed by atoms with Crippen molar-refractivity contribution in [3.05, 3.63) is 72.1 Å². The molecule has 1 fully saturated rings. The van der Waals surface area contributed by atoms with Gasteiger partial charge in [0.05, 0.1) is 12.8 Å². The van der Waals surface area contributed by atoms with Crippen molar-refractivity contribution in [1.82, 2.24) is 15.1 Å². The highest BCUT2D eigenvalue weighted by atomic mass is 16.5. The van der Waals surface area contributed by atoms with Gasteiger partial charge in [0, 0.05) is 23.9 Å². The van der Waals surface area contributed by atoms with Crippen molar-refractivity contribution in [2.24, 2.45) is 5.92 Å². The molecule has 5 nitrogen and oxygen atoms in total. The number of rotatable bonds is 7. The molecule has 0 spiro atoms. The van der Waals surface area contributed by atoms with E-state index in [2.05, 4.69) is 16.6 Å². The third-order valence-corrected chi connectivity index (χ3v) is 5.38. The van der Waals surface area contributed by atoms with Crippen molar-refractivity contribution >= 4 is 0 Å². The summed E-state index contributed by atoms with van der Waals surface area (Å²) >= 11 is 0. The summed E-state index contributed by atoms with van der Waals surface area (Å²) in [6, 6.07) is 16.0. The van der Waals surface area contributed by atoms with Crippen LogP contribution in [0.3, 0.4) is 0 Å². The van der Waals surface area contributed by atoms with Crippen molar-refractivity contribution < 1.29 is 9.84 Å². The predicted molar refractivity (Wildman–Crippen MR) is 110 cm³/mol. The average Bonchev–Trinajstić information content (AvgIpc) is 3.21. The van der Waals surface area contributed by atoms with Gasteiger partial charge in [0.25, 0.3) is 0 Å². The standard InChI is InChI=1S/C23H27N3O2/c27-16-22-21(7-4-8-23(22)28-17-19-5-2-1-3-6-19)20-13-25-26(15-20)14-18-9-11-24-12-10-18/h1-8,13,15,18,24,27H,9-12,14,16-17H2. The maximum Gasteiger partial charge on any atom is 0.125 e. The molecular formula is C23H27N3O2. The number of hydrogen-bond donors (Lipinski definition) is 2. The van der Waals surface area contributed by atoms with Crippen molar-refractivity contribution in [3.8, 4) is 16.9 Å². The number of hydrogen-bond acceptors (Lipinski definition) is 4. The molecule has 1 saturated heterocycles. The molecule has 2 heterocycles. The van der Waals surface area contributed by atoms with Crippen molar-refractivity contribution in [1.29, 1.82) is 0 Å². The van der Waals surface area contributed by atoms with Gasteiger partial charge in [0.15, 0.2) is 0 Å². The van der Waals surface area contributed by atoms with E-state index in [1.165, 1.54) is 12.8 Å². The van der Waals surface area contributed by atoms with Gasteiger partial charge in [-0.2, -0.15) is 5.10 Å². The minimum absolute atomic E-state index is 0.0697. The second kappa shape index (κ2) is 9.04. The van der Waals surface area contributed by atoms with E-state index >= 15 is 0 Å². The molecule has 1 aromatic heterocycles. The van der Waals surface area contributed by atoms with Gasteiger partial charge in [-0.1, -0.05) is 42.5 Å². The van der Waals surface area contributed by atoms with Crippen LogP contribution >= 0.6 is 0 Å². The summed E-state index contributed by atoms with van der Waals surface area (Å²) in [5, 5.41) is 18.0. The Balaban J connectivity index is 1.51. The van der Waals surface area contributed by atoms with E-state index in [-0.39, 0.29) is 6.61 Å². The summed E-state index contributed by atoms with van der Waals surface area (Å²) in [5.74, 6) is 1.39. The molecule has 2 N–H and O–H groups in total. The minimum Gasteiger partial charge on any atom is -0.489 e. The third kappa shape index (κ3) is 4.43. The van der Waals surface area contributed by atoms with E-state index in [1.54, 1.807) is 0 Å². The molecule has 0 unspecified atom stereocenters. The molecule has 1 aliphatic rings. The molecule has 3 aromatic rings. The van der Waals surface area contributed by atoms with Gasteiger partial charge in [0.1, 0.15) is 12.4 Å². The molecule has 5 heteroatoms. The number of nitrogens with one attached hydrogen (secondary N) is 1. The number of nitrogens with zero attached hydrogens (tertiary/aromatic N) is 2. The van der Waals surface area contributed by atoms with Crippen LogP contribution in [0.5, 0.6) is 5.75 Å². The summed E-state index contributed by atoms with van der Waals surface area (Å²) in [4.78, 5) is 0. The van der Waals surface area contributed by atoms with Crippen molar-refractivity contribution in [2.75, 3.05) is 13.1 Å². The van der Waals surface area contributed by atoms with Crippen LogP contribution in [0.25, 0.3) is 11.1 Å². The van der Waals surface area contributed by atoms with E-state index in [1.807, 2.05) is 59.4 Å². The second-order valence-corrected chi connectivity index (χ2v) is 7.36. The van der Waals surface area contributed by atoms with Gasteiger partial charge in [-0.25, -0.2) is 0 Å². The summed E-state index contributed by atoms with van der Waals surface area (Å²) in [6.45, 7) is 3.54. The molecule has 28 heavy (non-hydrogen) atoms. The molecule has 2 aromatic carbocycles. The van der Waals surface area contributed by atoms with Crippen LogP contribution < -0.4 is 10.1 Å². The molecule has 0 bridgehead atoms. The van der Waals surface area contributed by atoms with Crippen LogP contribution in [0, 0.1) is 5.92 Å². The highest BCUT2D eigenvalue weighted by Gasteiger charge is 2.16. The Kier molecular flexibility index (Phi) is 6.04. The van der Waals surface area contributed by atoms with Crippen LogP contribution in [0.15, 0.2) is 60.9 Å². The summed E-state index contributed by atoms with van der Waals surface area (Å²) in [7, 11) is 0. The molecular weight excluding hydrogens is 350 g/mol. The Bertz CT molecular complexity index is 886.